The molecule has 3 amide bonds. The summed E-state index contributed by atoms with van der Waals surface area (Å²) >= 11 is 9.09. The van der Waals surface area contributed by atoms with Gasteiger partial charge in [0.05, 0.1) is 22.4 Å². The number of benzene rings is 2. The van der Waals surface area contributed by atoms with Crippen LogP contribution in [-0.2, 0) is 25.4 Å². The summed E-state index contributed by atoms with van der Waals surface area (Å²) in [4.78, 5) is 68.8. The monoisotopic (exact) mass is 749 g/mol. The predicted octanol–water partition coefficient (Wildman–Crippen LogP) is 6.24. The number of fused-ring (bicyclic) bond motifs is 9. The van der Waals surface area contributed by atoms with E-state index in [-0.39, 0.29) is 58.3 Å². The number of aromatic nitrogens is 1. The van der Waals surface area contributed by atoms with Gasteiger partial charge in [-0.3, -0.25) is 28.9 Å². The fraction of sp³-hybridized carbons (Fsp3) is 0.441. The number of aliphatic carboxylic acids is 1. The molecule has 3 fully saturated rings. The number of thiazole rings is 1. The van der Waals surface area contributed by atoms with Gasteiger partial charge in [-0.25, -0.2) is 0 Å². The zero-order valence-corrected chi connectivity index (χ0v) is 28.6. The first-order valence-corrected chi connectivity index (χ1v) is 18.2. The van der Waals surface area contributed by atoms with Crippen LogP contribution in [0, 0.1) is 29.6 Å². The summed E-state index contributed by atoms with van der Waals surface area (Å²) < 4.78 is 45.6. The van der Waals surface area contributed by atoms with Crippen molar-refractivity contribution in [2.45, 2.75) is 54.5 Å². The molecule has 2 aliphatic heterocycles. The number of thioether (sulfide) groups is 1. The number of anilines is 1. The average Bonchev–Trinajstić information content (AvgIpc) is 3.79. The number of hydrogen-bond acceptors (Lipinski definition) is 8. The minimum absolute atomic E-state index is 0.0290. The average molecular weight is 750 g/mol. The number of nitrogens with zero attached hydrogens (tertiary/aromatic N) is 1. The molecule has 2 aliphatic carbocycles. The lowest BCUT2D eigenvalue weighted by Gasteiger charge is -2.43. The van der Waals surface area contributed by atoms with Gasteiger partial charge in [0.25, 0.3) is 5.91 Å². The Hall–Kier alpha value is -3.82. The maximum atomic E-state index is 13.8. The predicted molar refractivity (Wildman–Crippen MR) is 178 cm³/mol. The normalized spacial score (nSPS) is 26.5. The zero-order chi connectivity index (χ0) is 35.5. The number of alkyl halides is 3. The number of likely N-dealkylation sites (tertiary alicyclic amines) is 1. The molecule has 0 spiro atoms. The van der Waals surface area contributed by atoms with Crippen LogP contribution in [0.4, 0.5) is 18.9 Å². The minimum Gasteiger partial charge on any atom is -0.483 e. The topological polar surface area (TPSA) is 146 Å². The molecule has 1 saturated heterocycles. The highest BCUT2D eigenvalue weighted by molar-refractivity contribution is 8.00. The van der Waals surface area contributed by atoms with Crippen molar-refractivity contribution < 1.29 is 42.2 Å². The van der Waals surface area contributed by atoms with Crippen molar-refractivity contribution in [1.82, 2.24) is 9.88 Å². The molecule has 1 aromatic heterocycles. The number of hydrogen-bond donors (Lipinski definition) is 3. The SMILES string of the molecule is O=C(O)CCCCCN1C(=O)C2C3CC(C2C1=O)C1C3Sc2[nH]c(=O)sc2[C@@H]1c1cc(Cl)ccc1OCC(=O)Nc1cccc(C(F)(F)F)c1. The highest BCUT2D eigenvalue weighted by Gasteiger charge is 2.69. The molecule has 4 aliphatic rings. The van der Waals surface area contributed by atoms with Crippen molar-refractivity contribution in [3.05, 3.63) is 73.2 Å². The number of carboxylic acids is 1. The zero-order valence-electron chi connectivity index (χ0n) is 26.2. The van der Waals surface area contributed by atoms with Gasteiger partial charge in [-0.1, -0.05) is 35.4 Å². The first-order chi connectivity index (χ1) is 23.8. The Morgan fingerprint density at radius 3 is 2.54 bits per heavy atom. The van der Waals surface area contributed by atoms with Crippen LogP contribution in [0.25, 0.3) is 0 Å². The summed E-state index contributed by atoms with van der Waals surface area (Å²) in [6, 6.07) is 9.17. The number of amides is 3. The standard InChI is InChI=1S/C34H31ClF3N3O7S2/c35-16-8-9-21(48-14-22(42)39-17-6-4-5-15(11-17)34(36,37)38)18(12-16)24-25-19-13-20(28(25)49-30-29(24)50-33(47)40-30)27-26(19)31(45)41(32(27)46)10-3-1-2-7-23(43)44/h4-6,8-9,11-12,19-20,24-28H,1-3,7,10,13-14H2,(H,39,42)(H,40,47)(H,43,44)/t19?,20?,24-,25?,26?,27?,28?/m1/s1. The van der Waals surface area contributed by atoms with E-state index in [4.69, 9.17) is 21.4 Å². The first-order valence-electron chi connectivity index (χ1n) is 16.2. The summed E-state index contributed by atoms with van der Waals surface area (Å²) in [5.74, 6) is -3.59. The van der Waals surface area contributed by atoms with E-state index < -0.39 is 48.0 Å². The molecule has 2 saturated carbocycles. The third kappa shape index (κ3) is 6.32. The fourth-order valence-corrected chi connectivity index (χ4v) is 11.4. The van der Waals surface area contributed by atoms with Crippen LogP contribution in [0.1, 0.15) is 54.0 Å². The second-order valence-electron chi connectivity index (χ2n) is 13.1. The maximum absolute atomic E-state index is 13.8. The molecule has 2 aromatic carbocycles. The van der Waals surface area contributed by atoms with E-state index >= 15 is 0 Å². The molecule has 0 radical (unpaired) electrons. The molecular weight excluding hydrogens is 719 g/mol. The quantitative estimate of drug-likeness (QED) is 0.154. The van der Waals surface area contributed by atoms with Crippen LogP contribution in [-0.4, -0.2) is 57.1 Å². The molecule has 50 heavy (non-hydrogen) atoms. The Labute approximate surface area is 296 Å². The largest absolute Gasteiger partial charge is 0.483 e. The van der Waals surface area contributed by atoms with E-state index in [9.17, 15) is 37.1 Å². The van der Waals surface area contributed by atoms with Crippen LogP contribution in [0.2, 0.25) is 5.02 Å². The molecule has 10 nitrogen and oxygen atoms in total. The van der Waals surface area contributed by atoms with Crippen molar-refractivity contribution in [2.75, 3.05) is 18.5 Å². The number of carbonyl (C=O) groups is 4. The third-order valence-electron chi connectivity index (χ3n) is 10.2. The molecule has 3 N–H and O–H groups in total. The summed E-state index contributed by atoms with van der Waals surface area (Å²) in [6.07, 6.45) is -2.33. The molecule has 2 bridgehead atoms. The van der Waals surface area contributed by atoms with Crippen LogP contribution < -0.4 is 14.9 Å². The van der Waals surface area contributed by atoms with E-state index in [0.29, 0.717) is 47.0 Å². The van der Waals surface area contributed by atoms with E-state index in [1.165, 1.54) is 28.8 Å². The Balaban J connectivity index is 1.14. The number of ether oxygens (including phenoxy) is 1. The number of imide groups is 1. The Bertz CT molecular complexity index is 1930. The van der Waals surface area contributed by atoms with Gasteiger partial charge in [0.1, 0.15) is 5.75 Å². The number of unbranched alkanes of at least 4 members (excludes halogenated alkanes) is 2. The van der Waals surface area contributed by atoms with Gasteiger partial charge in [-0.2, -0.15) is 13.2 Å². The number of nitrogens with one attached hydrogen (secondary N) is 2. The maximum Gasteiger partial charge on any atom is 0.416 e. The number of carbonyl (C=O) groups excluding carboxylic acids is 3. The van der Waals surface area contributed by atoms with Gasteiger partial charge in [-0.15, -0.1) is 11.8 Å². The van der Waals surface area contributed by atoms with Crippen molar-refractivity contribution >= 4 is 64.1 Å². The summed E-state index contributed by atoms with van der Waals surface area (Å²) in [6.45, 7) is -0.285. The summed E-state index contributed by atoms with van der Waals surface area (Å²) in [5.41, 5.74) is -0.343. The van der Waals surface area contributed by atoms with Crippen LogP contribution in [0.3, 0.4) is 0 Å². The molecule has 7 rings (SSSR count). The van der Waals surface area contributed by atoms with Crippen molar-refractivity contribution in [2.24, 2.45) is 29.6 Å². The Morgan fingerprint density at radius 2 is 1.80 bits per heavy atom. The highest BCUT2D eigenvalue weighted by atomic mass is 35.5. The van der Waals surface area contributed by atoms with Crippen LogP contribution in [0.15, 0.2) is 52.3 Å². The minimum atomic E-state index is -4.58. The molecule has 3 aromatic rings. The second-order valence-corrected chi connectivity index (χ2v) is 15.7. The number of carboxylic acid groups (broad SMARTS) is 1. The van der Waals surface area contributed by atoms with E-state index in [1.807, 2.05) is 0 Å². The van der Waals surface area contributed by atoms with Crippen LogP contribution in [0.5, 0.6) is 5.75 Å². The number of rotatable bonds is 11. The molecule has 3 heterocycles. The van der Waals surface area contributed by atoms with Gasteiger partial charge in [-0.05, 0) is 73.4 Å². The van der Waals surface area contributed by atoms with Gasteiger partial charge in [0.2, 0.25) is 11.8 Å². The number of H-pyrrole nitrogens is 1. The van der Waals surface area contributed by atoms with Crippen molar-refractivity contribution in [3.8, 4) is 5.75 Å². The smallest absolute Gasteiger partial charge is 0.416 e. The fourth-order valence-electron chi connectivity index (χ4n) is 8.38. The van der Waals surface area contributed by atoms with Crippen molar-refractivity contribution in [3.63, 3.8) is 0 Å². The molecule has 264 valence electrons. The highest BCUT2D eigenvalue weighted by Crippen LogP contribution is 2.69. The third-order valence-corrected chi connectivity index (χ3v) is 13.1. The lowest BCUT2D eigenvalue weighted by molar-refractivity contribution is -0.141. The van der Waals surface area contributed by atoms with Gasteiger partial charge in [0, 0.05) is 45.3 Å². The van der Waals surface area contributed by atoms with Gasteiger partial charge >= 0.3 is 17.0 Å². The summed E-state index contributed by atoms with van der Waals surface area (Å²) in [7, 11) is 0. The van der Waals surface area contributed by atoms with Gasteiger partial charge < -0.3 is 20.1 Å². The number of aromatic amines is 1. The van der Waals surface area contributed by atoms with E-state index in [1.54, 1.807) is 18.2 Å². The first kappa shape index (κ1) is 34.6. The lowest BCUT2D eigenvalue weighted by atomic mass is 9.68. The Kier molecular flexibility index (Phi) is 9.27. The van der Waals surface area contributed by atoms with Crippen LogP contribution >= 0.6 is 34.7 Å². The lowest BCUT2D eigenvalue weighted by Crippen LogP contribution is -2.42. The molecule has 6 unspecified atom stereocenters. The summed E-state index contributed by atoms with van der Waals surface area (Å²) in [5, 5.41) is 12.3. The van der Waals surface area contributed by atoms with Crippen molar-refractivity contribution in [1.29, 1.82) is 0 Å². The van der Waals surface area contributed by atoms with E-state index in [0.717, 1.165) is 28.3 Å². The molecule has 16 heteroatoms. The second kappa shape index (κ2) is 13.4. The molecular formula is C34H31ClF3N3O7S2. The van der Waals surface area contributed by atoms with Gasteiger partial charge in [0.15, 0.2) is 6.61 Å². The van der Waals surface area contributed by atoms with E-state index in [2.05, 4.69) is 10.3 Å². The molecule has 7 atom stereocenters. The Morgan fingerprint density at radius 1 is 1.04 bits per heavy atom. The number of halogens is 4.